The van der Waals surface area contributed by atoms with Crippen molar-refractivity contribution in [3.05, 3.63) is 60.9 Å². The standard InChI is InChI=1S/C18H18N2O/c1-13(2)21-15-8-9-16(14-6-4-3-5-7-14)17(12-15)18-19-10-11-20-18/h3-13H,1-2H3,(H,19,20). The topological polar surface area (TPSA) is 37.9 Å². The van der Waals surface area contributed by atoms with E-state index in [1.807, 2.05) is 50.4 Å². The molecule has 3 aromatic rings. The normalized spacial score (nSPS) is 10.8. The predicted octanol–water partition coefficient (Wildman–Crippen LogP) is 4.53. The number of nitrogens with one attached hydrogen (secondary N) is 1. The summed E-state index contributed by atoms with van der Waals surface area (Å²) in [4.78, 5) is 7.56. The molecule has 2 aromatic carbocycles. The summed E-state index contributed by atoms with van der Waals surface area (Å²) in [5.74, 6) is 1.71. The second-order valence-corrected chi connectivity index (χ2v) is 5.18. The van der Waals surface area contributed by atoms with Crippen molar-refractivity contribution < 1.29 is 4.74 Å². The van der Waals surface area contributed by atoms with Crippen molar-refractivity contribution in [2.24, 2.45) is 0 Å². The number of H-pyrrole nitrogens is 1. The number of aromatic nitrogens is 2. The van der Waals surface area contributed by atoms with Gasteiger partial charge in [0.25, 0.3) is 0 Å². The molecule has 3 nitrogen and oxygen atoms in total. The highest BCUT2D eigenvalue weighted by atomic mass is 16.5. The van der Waals surface area contributed by atoms with Crippen LogP contribution >= 0.6 is 0 Å². The van der Waals surface area contributed by atoms with Crippen LogP contribution in [0.15, 0.2) is 60.9 Å². The maximum Gasteiger partial charge on any atom is 0.138 e. The summed E-state index contributed by atoms with van der Waals surface area (Å²) >= 11 is 0. The maximum atomic E-state index is 5.80. The van der Waals surface area contributed by atoms with Crippen LogP contribution in [0.5, 0.6) is 5.75 Å². The Morgan fingerprint density at radius 3 is 2.48 bits per heavy atom. The number of nitrogens with zero attached hydrogens (tertiary/aromatic N) is 1. The van der Waals surface area contributed by atoms with Gasteiger partial charge >= 0.3 is 0 Å². The lowest BCUT2D eigenvalue weighted by Crippen LogP contribution is -2.05. The molecule has 0 fully saturated rings. The fourth-order valence-corrected chi connectivity index (χ4v) is 2.35. The Morgan fingerprint density at radius 1 is 1.00 bits per heavy atom. The van der Waals surface area contributed by atoms with Gasteiger partial charge < -0.3 is 9.72 Å². The van der Waals surface area contributed by atoms with E-state index >= 15 is 0 Å². The van der Waals surface area contributed by atoms with E-state index in [2.05, 4.69) is 28.2 Å². The summed E-state index contributed by atoms with van der Waals surface area (Å²) in [6.45, 7) is 4.05. The average Bonchev–Trinajstić information content (AvgIpc) is 3.01. The molecule has 0 aliphatic carbocycles. The minimum Gasteiger partial charge on any atom is -0.491 e. The molecule has 3 rings (SSSR count). The third kappa shape index (κ3) is 2.97. The van der Waals surface area contributed by atoms with E-state index in [1.54, 1.807) is 6.20 Å². The van der Waals surface area contributed by atoms with Crippen LogP contribution in [-0.4, -0.2) is 16.1 Å². The fraction of sp³-hybridized carbons (Fsp3) is 0.167. The molecule has 0 unspecified atom stereocenters. The highest BCUT2D eigenvalue weighted by Gasteiger charge is 2.11. The molecule has 0 aliphatic rings. The van der Waals surface area contributed by atoms with Gasteiger partial charge in [0.15, 0.2) is 0 Å². The van der Waals surface area contributed by atoms with Crippen molar-refractivity contribution in [3.63, 3.8) is 0 Å². The van der Waals surface area contributed by atoms with Crippen LogP contribution in [0, 0.1) is 0 Å². The van der Waals surface area contributed by atoms with Crippen LogP contribution in [0.25, 0.3) is 22.5 Å². The molecular weight excluding hydrogens is 260 g/mol. The van der Waals surface area contributed by atoms with Gasteiger partial charge in [0.2, 0.25) is 0 Å². The molecule has 0 bridgehead atoms. The highest BCUT2D eigenvalue weighted by Crippen LogP contribution is 2.33. The van der Waals surface area contributed by atoms with E-state index in [-0.39, 0.29) is 6.10 Å². The summed E-state index contributed by atoms with van der Waals surface area (Å²) in [6, 6.07) is 16.4. The molecule has 0 radical (unpaired) electrons. The Hall–Kier alpha value is -2.55. The van der Waals surface area contributed by atoms with E-state index in [4.69, 9.17) is 4.74 Å². The summed E-state index contributed by atoms with van der Waals surface area (Å²) in [6.07, 6.45) is 3.75. The van der Waals surface area contributed by atoms with Crippen LogP contribution < -0.4 is 4.74 Å². The van der Waals surface area contributed by atoms with E-state index in [0.29, 0.717) is 0 Å². The first-order chi connectivity index (χ1) is 10.2. The van der Waals surface area contributed by atoms with Crippen LogP contribution in [-0.2, 0) is 0 Å². The first-order valence-electron chi connectivity index (χ1n) is 7.10. The molecule has 106 valence electrons. The molecule has 0 amide bonds. The van der Waals surface area contributed by atoms with Gasteiger partial charge in [-0.1, -0.05) is 30.3 Å². The van der Waals surface area contributed by atoms with Gasteiger partial charge in [0.05, 0.1) is 6.10 Å². The van der Waals surface area contributed by atoms with Crippen molar-refractivity contribution in [1.82, 2.24) is 9.97 Å². The fourth-order valence-electron chi connectivity index (χ4n) is 2.35. The highest BCUT2D eigenvalue weighted by molar-refractivity contribution is 5.81. The van der Waals surface area contributed by atoms with Crippen LogP contribution in [0.3, 0.4) is 0 Å². The smallest absolute Gasteiger partial charge is 0.138 e. The number of imidazole rings is 1. The van der Waals surface area contributed by atoms with Gasteiger partial charge in [-0.3, -0.25) is 0 Å². The molecule has 3 heteroatoms. The molecule has 0 aliphatic heterocycles. The number of aromatic amines is 1. The van der Waals surface area contributed by atoms with Crippen molar-refractivity contribution in [3.8, 4) is 28.3 Å². The number of hydrogen-bond acceptors (Lipinski definition) is 2. The number of rotatable bonds is 4. The maximum absolute atomic E-state index is 5.80. The molecule has 21 heavy (non-hydrogen) atoms. The lowest BCUT2D eigenvalue weighted by Gasteiger charge is -2.13. The summed E-state index contributed by atoms with van der Waals surface area (Å²) < 4.78 is 5.80. The first-order valence-corrected chi connectivity index (χ1v) is 7.10. The SMILES string of the molecule is CC(C)Oc1ccc(-c2ccccc2)c(-c2ncc[nH]2)c1. The van der Waals surface area contributed by atoms with Crippen molar-refractivity contribution in [2.45, 2.75) is 20.0 Å². The Balaban J connectivity index is 2.11. The van der Waals surface area contributed by atoms with Crippen molar-refractivity contribution >= 4 is 0 Å². The second kappa shape index (κ2) is 5.83. The van der Waals surface area contributed by atoms with Crippen LogP contribution in [0.2, 0.25) is 0 Å². The Bertz CT molecular complexity index is 703. The Kier molecular flexibility index (Phi) is 3.73. The van der Waals surface area contributed by atoms with E-state index in [0.717, 1.165) is 22.7 Å². The lowest BCUT2D eigenvalue weighted by molar-refractivity contribution is 0.242. The number of benzene rings is 2. The quantitative estimate of drug-likeness (QED) is 0.761. The molecule has 0 saturated carbocycles. The van der Waals surface area contributed by atoms with Crippen molar-refractivity contribution in [2.75, 3.05) is 0 Å². The molecule has 1 heterocycles. The monoisotopic (exact) mass is 278 g/mol. The number of ether oxygens (including phenoxy) is 1. The summed E-state index contributed by atoms with van der Waals surface area (Å²) in [5, 5.41) is 0. The first kappa shape index (κ1) is 13.4. The van der Waals surface area contributed by atoms with Gasteiger partial charge in [-0.15, -0.1) is 0 Å². The molecular formula is C18H18N2O. The van der Waals surface area contributed by atoms with Crippen LogP contribution in [0.4, 0.5) is 0 Å². The molecule has 1 N–H and O–H groups in total. The van der Waals surface area contributed by atoms with E-state index in [9.17, 15) is 0 Å². The van der Waals surface area contributed by atoms with Gasteiger partial charge in [-0.05, 0) is 43.2 Å². The second-order valence-electron chi connectivity index (χ2n) is 5.18. The average molecular weight is 278 g/mol. The van der Waals surface area contributed by atoms with Crippen molar-refractivity contribution in [1.29, 1.82) is 0 Å². The minimum absolute atomic E-state index is 0.150. The largest absolute Gasteiger partial charge is 0.491 e. The molecule has 0 spiro atoms. The predicted molar refractivity (Wildman–Crippen MR) is 85.2 cm³/mol. The Morgan fingerprint density at radius 2 is 1.81 bits per heavy atom. The zero-order valence-corrected chi connectivity index (χ0v) is 12.2. The van der Waals surface area contributed by atoms with Gasteiger partial charge in [-0.2, -0.15) is 0 Å². The van der Waals surface area contributed by atoms with E-state index < -0.39 is 0 Å². The van der Waals surface area contributed by atoms with E-state index in [1.165, 1.54) is 5.56 Å². The molecule has 1 aromatic heterocycles. The number of hydrogen-bond donors (Lipinski definition) is 1. The van der Waals surface area contributed by atoms with Gasteiger partial charge in [-0.25, -0.2) is 4.98 Å². The zero-order valence-electron chi connectivity index (χ0n) is 12.2. The molecule has 0 saturated heterocycles. The van der Waals surface area contributed by atoms with Gasteiger partial charge in [0.1, 0.15) is 11.6 Å². The van der Waals surface area contributed by atoms with Crippen LogP contribution in [0.1, 0.15) is 13.8 Å². The third-order valence-electron chi connectivity index (χ3n) is 3.20. The Labute approximate surface area is 124 Å². The summed E-state index contributed by atoms with van der Waals surface area (Å²) in [5.41, 5.74) is 3.35. The molecule has 0 atom stereocenters. The summed E-state index contributed by atoms with van der Waals surface area (Å²) in [7, 11) is 0. The minimum atomic E-state index is 0.150. The van der Waals surface area contributed by atoms with Gasteiger partial charge in [0, 0.05) is 18.0 Å². The lowest BCUT2D eigenvalue weighted by atomic mass is 9.99. The third-order valence-corrected chi connectivity index (χ3v) is 3.20. The zero-order chi connectivity index (χ0) is 14.7.